The summed E-state index contributed by atoms with van der Waals surface area (Å²) in [5, 5.41) is 5.85. The van der Waals surface area contributed by atoms with Gasteiger partial charge in [0.15, 0.2) is 0 Å². The van der Waals surface area contributed by atoms with Gasteiger partial charge in [0.05, 0.1) is 17.5 Å². The van der Waals surface area contributed by atoms with Gasteiger partial charge in [-0.05, 0) is 42.2 Å². The summed E-state index contributed by atoms with van der Waals surface area (Å²) in [4.78, 5) is 39.8. The van der Waals surface area contributed by atoms with E-state index < -0.39 is 6.04 Å². The molecule has 2 atom stereocenters. The van der Waals surface area contributed by atoms with E-state index in [1.165, 1.54) is 0 Å². The number of nitrogens with one attached hydrogen (secondary N) is 2. The third-order valence-electron chi connectivity index (χ3n) is 5.23. The van der Waals surface area contributed by atoms with Gasteiger partial charge in [-0.2, -0.15) is 0 Å². The van der Waals surface area contributed by atoms with Crippen LogP contribution in [0.3, 0.4) is 0 Å². The monoisotopic (exact) mass is 395 g/mol. The minimum absolute atomic E-state index is 0.0616. The smallest absolute Gasteiger partial charge is 0.256 e. The summed E-state index contributed by atoms with van der Waals surface area (Å²) in [7, 11) is 0. The standard InChI is InChI=1S/C22H25N3O4/c1-22(2,3)11-19(26)23-14-10-17-20(27)24-16-7-6-13(18-5-4-8-29-18)9-15(16)21(28)25(17)12-14/h4-9,14,17H,10-12H2,1-3H3,(H,23,26)(H,24,27)/t14-,17-/m0/s1. The molecule has 0 saturated carbocycles. The Balaban J connectivity index is 1.56. The van der Waals surface area contributed by atoms with E-state index in [9.17, 15) is 14.4 Å². The molecule has 29 heavy (non-hydrogen) atoms. The minimum Gasteiger partial charge on any atom is -0.464 e. The number of fused-ring (bicyclic) bond motifs is 2. The molecule has 1 fully saturated rings. The van der Waals surface area contributed by atoms with Crippen LogP contribution < -0.4 is 10.6 Å². The van der Waals surface area contributed by atoms with Crippen LogP contribution in [0.25, 0.3) is 11.3 Å². The van der Waals surface area contributed by atoms with E-state index in [1.807, 2.05) is 32.9 Å². The molecule has 152 valence electrons. The molecule has 4 rings (SSSR count). The van der Waals surface area contributed by atoms with E-state index in [0.29, 0.717) is 36.4 Å². The maximum absolute atomic E-state index is 13.2. The molecule has 1 saturated heterocycles. The number of rotatable bonds is 3. The fraction of sp³-hybridized carbons (Fsp3) is 0.409. The Morgan fingerprint density at radius 2 is 2.07 bits per heavy atom. The summed E-state index contributed by atoms with van der Waals surface area (Å²) in [6.45, 7) is 6.31. The van der Waals surface area contributed by atoms with E-state index in [2.05, 4.69) is 10.6 Å². The van der Waals surface area contributed by atoms with E-state index in [0.717, 1.165) is 5.56 Å². The van der Waals surface area contributed by atoms with Gasteiger partial charge in [0.2, 0.25) is 11.8 Å². The topological polar surface area (TPSA) is 91.6 Å². The van der Waals surface area contributed by atoms with Crippen LogP contribution in [-0.2, 0) is 9.59 Å². The van der Waals surface area contributed by atoms with Gasteiger partial charge in [0.1, 0.15) is 11.8 Å². The first kappa shape index (κ1) is 19.2. The summed E-state index contributed by atoms with van der Waals surface area (Å²) in [6.07, 6.45) is 2.38. The molecule has 0 aliphatic carbocycles. The lowest BCUT2D eigenvalue weighted by atomic mass is 9.92. The zero-order valence-corrected chi connectivity index (χ0v) is 16.8. The van der Waals surface area contributed by atoms with Crippen LogP contribution in [0.5, 0.6) is 0 Å². The molecular weight excluding hydrogens is 370 g/mol. The number of nitrogens with zero attached hydrogens (tertiary/aromatic N) is 1. The van der Waals surface area contributed by atoms with Gasteiger partial charge in [-0.15, -0.1) is 0 Å². The second kappa shape index (κ2) is 7.06. The Morgan fingerprint density at radius 1 is 1.28 bits per heavy atom. The quantitative estimate of drug-likeness (QED) is 0.836. The van der Waals surface area contributed by atoms with Crippen molar-refractivity contribution in [3.63, 3.8) is 0 Å². The molecule has 2 N–H and O–H groups in total. The molecule has 0 unspecified atom stereocenters. The lowest BCUT2D eigenvalue weighted by Gasteiger charge is -2.21. The molecule has 2 aliphatic rings. The number of anilines is 1. The Labute approximate surface area is 169 Å². The first-order valence-electron chi connectivity index (χ1n) is 9.80. The highest BCUT2D eigenvalue weighted by molar-refractivity contribution is 6.10. The SMILES string of the molecule is CC(C)(C)CC(=O)N[C@H]1C[C@H]2C(=O)Nc3ccc(-c4ccco4)cc3C(=O)N2C1. The number of carbonyl (C=O) groups excluding carboxylic acids is 3. The molecule has 1 aromatic heterocycles. The number of hydrogen-bond donors (Lipinski definition) is 2. The van der Waals surface area contributed by atoms with Crippen LogP contribution >= 0.6 is 0 Å². The predicted octanol–water partition coefficient (Wildman–Crippen LogP) is 3.03. The third kappa shape index (κ3) is 3.90. The first-order valence-corrected chi connectivity index (χ1v) is 9.80. The van der Waals surface area contributed by atoms with Crippen molar-refractivity contribution in [2.75, 3.05) is 11.9 Å². The number of benzene rings is 1. The van der Waals surface area contributed by atoms with Gasteiger partial charge in [-0.3, -0.25) is 14.4 Å². The summed E-state index contributed by atoms with van der Waals surface area (Å²) in [5.74, 6) is 0.148. The average Bonchev–Trinajstić information content (AvgIpc) is 3.28. The number of amides is 3. The molecule has 3 heterocycles. The molecule has 1 aromatic carbocycles. The molecule has 2 aromatic rings. The second-order valence-electron chi connectivity index (χ2n) is 8.94. The zero-order chi connectivity index (χ0) is 20.8. The Morgan fingerprint density at radius 3 is 2.76 bits per heavy atom. The number of hydrogen-bond acceptors (Lipinski definition) is 4. The molecular formula is C22H25N3O4. The largest absolute Gasteiger partial charge is 0.464 e. The maximum atomic E-state index is 13.2. The molecule has 0 radical (unpaired) electrons. The third-order valence-corrected chi connectivity index (χ3v) is 5.23. The molecule has 0 bridgehead atoms. The molecule has 2 aliphatic heterocycles. The summed E-state index contributed by atoms with van der Waals surface area (Å²) < 4.78 is 5.43. The fourth-order valence-electron chi connectivity index (χ4n) is 3.97. The van der Waals surface area contributed by atoms with Crippen molar-refractivity contribution in [2.45, 2.75) is 45.7 Å². The number of furan rings is 1. The highest BCUT2D eigenvalue weighted by Crippen LogP contribution is 2.32. The van der Waals surface area contributed by atoms with Crippen molar-refractivity contribution < 1.29 is 18.8 Å². The molecule has 7 nitrogen and oxygen atoms in total. The summed E-state index contributed by atoms with van der Waals surface area (Å²) in [5.41, 5.74) is 1.57. The van der Waals surface area contributed by atoms with Gasteiger partial charge in [-0.1, -0.05) is 20.8 Å². The Hall–Kier alpha value is -3.09. The van der Waals surface area contributed by atoms with Gasteiger partial charge >= 0.3 is 0 Å². The summed E-state index contributed by atoms with van der Waals surface area (Å²) in [6, 6.07) is 8.06. The van der Waals surface area contributed by atoms with Gasteiger partial charge in [0.25, 0.3) is 5.91 Å². The van der Waals surface area contributed by atoms with E-state index in [1.54, 1.807) is 29.4 Å². The Bertz CT molecular complexity index is 959. The van der Waals surface area contributed by atoms with Crippen molar-refractivity contribution in [2.24, 2.45) is 5.41 Å². The molecule has 7 heteroatoms. The fourth-order valence-corrected chi connectivity index (χ4v) is 3.97. The van der Waals surface area contributed by atoms with Crippen molar-refractivity contribution in [3.8, 4) is 11.3 Å². The van der Waals surface area contributed by atoms with Crippen molar-refractivity contribution >= 4 is 23.4 Å². The van der Waals surface area contributed by atoms with E-state index in [4.69, 9.17) is 4.42 Å². The normalized spacial score (nSPS) is 21.3. The van der Waals surface area contributed by atoms with E-state index >= 15 is 0 Å². The van der Waals surface area contributed by atoms with Crippen LogP contribution in [0.1, 0.15) is 44.0 Å². The van der Waals surface area contributed by atoms with Crippen LogP contribution in [0, 0.1) is 5.41 Å². The Kier molecular flexibility index (Phi) is 4.68. The van der Waals surface area contributed by atoms with Crippen molar-refractivity contribution in [1.82, 2.24) is 10.2 Å². The highest BCUT2D eigenvalue weighted by Gasteiger charge is 2.43. The maximum Gasteiger partial charge on any atom is 0.256 e. The lowest BCUT2D eigenvalue weighted by Crippen LogP contribution is -2.41. The second-order valence-corrected chi connectivity index (χ2v) is 8.94. The lowest BCUT2D eigenvalue weighted by molar-refractivity contribution is -0.123. The first-order chi connectivity index (χ1) is 13.7. The van der Waals surface area contributed by atoms with Crippen LogP contribution in [0.4, 0.5) is 5.69 Å². The van der Waals surface area contributed by atoms with Gasteiger partial charge in [0, 0.05) is 24.6 Å². The van der Waals surface area contributed by atoms with E-state index in [-0.39, 0.29) is 29.2 Å². The van der Waals surface area contributed by atoms with Crippen molar-refractivity contribution in [3.05, 3.63) is 42.2 Å². The van der Waals surface area contributed by atoms with Crippen LogP contribution in [0.2, 0.25) is 0 Å². The molecule has 3 amide bonds. The zero-order valence-electron chi connectivity index (χ0n) is 16.8. The van der Waals surface area contributed by atoms with Crippen LogP contribution in [-0.4, -0.2) is 41.2 Å². The minimum atomic E-state index is -0.595. The van der Waals surface area contributed by atoms with Gasteiger partial charge in [-0.25, -0.2) is 0 Å². The van der Waals surface area contributed by atoms with Crippen LogP contribution in [0.15, 0.2) is 41.0 Å². The van der Waals surface area contributed by atoms with Gasteiger partial charge < -0.3 is 20.0 Å². The highest BCUT2D eigenvalue weighted by atomic mass is 16.3. The van der Waals surface area contributed by atoms with Crippen molar-refractivity contribution in [1.29, 1.82) is 0 Å². The predicted molar refractivity (Wildman–Crippen MR) is 108 cm³/mol. The number of carbonyl (C=O) groups is 3. The average molecular weight is 395 g/mol. The summed E-state index contributed by atoms with van der Waals surface area (Å²) >= 11 is 0. The molecule has 0 spiro atoms.